The van der Waals surface area contributed by atoms with Crippen molar-refractivity contribution in [2.45, 2.75) is 37.8 Å². The highest BCUT2D eigenvalue weighted by Gasteiger charge is 2.21. The van der Waals surface area contributed by atoms with Crippen LogP contribution in [-0.2, 0) is 0 Å². The first-order chi connectivity index (χ1) is 7.75. The van der Waals surface area contributed by atoms with Crippen LogP contribution in [0, 0.1) is 0 Å². The maximum Gasteiger partial charge on any atom is 0.254 e. The van der Waals surface area contributed by atoms with E-state index in [-0.39, 0.29) is 18.1 Å². The van der Waals surface area contributed by atoms with Gasteiger partial charge in [0, 0.05) is 18.4 Å². The summed E-state index contributed by atoms with van der Waals surface area (Å²) in [5, 5.41) is 12.3. The minimum absolute atomic E-state index is 0.137. The van der Waals surface area contributed by atoms with Crippen LogP contribution in [0.2, 0.25) is 0 Å². The summed E-state index contributed by atoms with van der Waals surface area (Å²) in [6, 6.07) is 0.163. The standard InChI is InChI=1S/C11H15N3O2/c15-10-3-1-9(2-4-10)14-11(16)8-5-12-7-13-6-8/h5-7,9-10,15H,1-4H2,(H,14,16)/t9-,10-. The molecule has 0 radical (unpaired) electrons. The van der Waals surface area contributed by atoms with Crippen LogP contribution in [0.3, 0.4) is 0 Å². The molecule has 1 heterocycles. The number of carbonyl (C=O) groups is 1. The van der Waals surface area contributed by atoms with Gasteiger partial charge in [-0.1, -0.05) is 0 Å². The minimum Gasteiger partial charge on any atom is -0.393 e. The summed E-state index contributed by atoms with van der Waals surface area (Å²) < 4.78 is 0. The summed E-state index contributed by atoms with van der Waals surface area (Å²) >= 11 is 0. The molecule has 16 heavy (non-hydrogen) atoms. The van der Waals surface area contributed by atoms with E-state index < -0.39 is 0 Å². The number of hydrogen-bond donors (Lipinski definition) is 2. The summed E-state index contributed by atoms with van der Waals surface area (Å²) in [6.45, 7) is 0. The fourth-order valence-corrected chi connectivity index (χ4v) is 1.91. The first-order valence-corrected chi connectivity index (χ1v) is 5.49. The molecule has 1 aromatic rings. The van der Waals surface area contributed by atoms with E-state index in [4.69, 9.17) is 0 Å². The predicted octanol–water partition coefficient (Wildman–Crippen LogP) is 0.510. The molecule has 1 fully saturated rings. The van der Waals surface area contributed by atoms with Gasteiger partial charge in [-0.2, -0.15) is 0 Å². The van der Waals surface area contributed by atoms with Crippen molar-refractivity contribution >= 4 is 5.91 Å². The van der Waals surface area contributed by atoms with Crippen LogP contribution in [0.5, 0.6) is 0 Å². The number of nitrogens with zero attached hydrogens (tertiary/aromatic N) is 2. The highest BCUT2D eigenvalue weighted by atomic mass is 16.3. The number of aromatic nitrogens is 2. The van der Waals surface area contributed by atoms with Gasteiger partial charge < -0.3 is 10.4 Å². The van der Waals surface area contributed by atoms with Crippen LogP contribution in [0.25, 0.3) is 0 Å². The van der Waals surface area contributed by atoms with E-state index in [2.05, 4.69) is 15.3 Å². The smallest absolute Gasteiger partial charge is 0.254 e. The van der Waals surface area contributed by atoms with E-state index in [0.717, 1.165) is 25.7 Å². The maximum atomic E-state index is 11.7. The van der Waals surface area contributed by atoms with Crippen molar-refractivity contribution in [3.8, 4) is 0 Å². The Morgan fingerprint density at radius 1 is 1.25 bits per heavy atom. The van der Waals surface area contributed by atoms with E-state index >= 15 is 0 Å². The molecule has 0 saturated heterocycles. The molecule has 0 spiro atoms. The topological polar surface area (TPSA) is 75.1 Å². The van der Waals surface area contributed by atoms with Crippen LogP contribution in [0.4, 0.5) is 0 Å². The van der Waals surface area contributed by atoms with Crippen molar-refractivity contribution in [2.24, 2.45) is 0 Å². The minimum atomic E-state index is -0.201. The van der Waals surface area contributed by atoms with Gasteiger partial charge in [0.05, 0.1) is 11.7 Å². The Labute approximate surface area is 93.9 Å². The maximum absolute atomic E-state index is 11.7. The third-order valence-electron chi connectivity index (χ3n) is 2.85. The lowest BCUT2D eigenvalue weighted by Gasteiger charge is -2.26. The zero-order valence-electron chi connectivity index (χ0n) is 8.97. The molecule has 1 aliphatic rings. The lowest BCUT2D eigenvalue weighted by atomic mass is 9.93. The molecule has 0 bridgehead atoms. The second-order valence-corrected chi connectivity index (χ2v) is 4.11. The molecular formula is C11H15N3O2. The molecule has 2 N–H and O–H groups in total. The molecule has 1 saturated carbocycles. The highest BCUT2D eigenvalue weighted by Crippen LogP contribution is 2.18. The third kappa shape index (κ3) is 2.76. The Balaban J connectivity index is 1.88. The van der Waals surface area contributed by atoms with Gasteiger partial charge in [0.1, 0.15) is 6.33 Å². The van der Waals surface area contributed by atoms with Crippen LogP contribution in [0.15, 0.2) is 18.7 Å². The molecule has 0 aromatic carbocycles. The quantitative estimate of drug-likeness (QED) is 0.763. The van der Waals surface area contributed by atoms with Crippen molar-refractivity contribution in [2.75, 3.05) is 0 Å². The highest BCUT2D eigenvalue weighted by molar-refractivity contribution is 5.93. The summed E-state index contributed by atoms with van der Waals surface area (Å²) in [5.41, 5.74) is 0.480. The van der Waals surface area contributed by atoms with Gasteiger partial charge in [-0.15, -0.1) is 0 Å². The van der Waals surface area contributed by atoms with Crippen molar-refractivity contribution < 1.29 is 9.90 Å². The Bertz CT molecular complexity index is 348. The monoisotopic (exact) mass is 221 g/mol. The van der Waals surface area contributed by atoms with E-state index in [1.165, 1.54) is 18.7 Å². The van der Waals surface area contributed by atoms with Gasteiger partial charge in [0.2, 0.25) is 0 Å². The average molecular weight is 221 g/mol. The van der Waals surface area contributed by atoms with Gasteiger partial charge in [0.25, 0.3) is 5.91 Å². The molecule has 5 heteroatoms. The van der Waals surface area contributed by atoms with Crippen LogP contribution < -0.4 is 5.32 Å². The molecule has 0 atom stereocenters. The number of carbonyl (C=O) groups excluding carboxylic acids is 1. The zero-order chi connectivity index (χ0) is 11.4. The Morgan fingerprint density at radius 3 is 2.50 bits per heavy atom. The van der Waals surface area contributed by atoms with Crippen LogP contribution in [-0.4, -0.2) is 33.1 Å². The lowest BCUT2D eigenvalue weighted by molar-refractivity contribution is 0.0867. The number of aliphatic hydroxyl groups is 1. The lowest BCUT2D eigenvalue weighted by Crippen LogP contribution is -2.38. The fraction of sp³-hybridized carbons (Fsp3) is 0.545. The fourth-order valence-electron chi connectivity index (χ4n) is 1.91. The molecule has 5 nitrogen and oxygen atoms in total. The van der Waals surface area contributed by atoms with Crippen LogP contribution >= 0.6 is 0 Å². The molecule has 86 valence electrons. The summed E-state index contributed by atoms with van der Waals surface area (Å²) in [6.07, 6.45) is 7.38. The first kappa shape index (κ1) is 11.0. The summed E-state index contributed by atoms with van der Waals surface area (Å²) in [7, 11) is 0. The average Bonchev–Trinajstić information content (AvgIpc) is 2.33. The second kappa shape index (κ2) is 5.03. The SMILES string of the molecule is O=C(N[C@H]1CC[C@H](O)CC1)c1cncnc1. The van der Waals surface area contributed by atoms with Gasteiger partial charge in [-0.3, -0.25) is 4.79 Å². The number of nitrogens with one attached hydrogen (secondary N) is 1. The van der Waals surface area contributed by atoms with E-state index in [9.17, 15) is 9.90 Å². The normalized spacial score (nSPS) is 25.1. The van der Waals surface area contributed by atoms with E-state index in [1.807, 2.05) is 0 Å². The first-order valence-electron chi connectivity index (χ1n) is 5.49. The van der Waals surface area contributed by atoms with Crippen LogP contribution in [0.1, 0.15) is 36.0 Å². The third-order valence-corrected chi connectivity index (χ3v) is 2.85. The zero-order valence-corrected chi connectivity index (χ0v) is 8.97. The molecule has 0 unspecified atom stereocenters. The molecule has 1 amide bonds. The molecule has 2 rings (SSSR count). The van der Waals surface area contributed by atoms with Crippen molar-refractivity contribution in [3.63, 3.8) is 0 Å². The van der Waals surface area contributed by atoms with E-state index in [1.54, 1.807) is 0 Å². The van der Waals surface area contributed by atoms with Crippen molar-refractivity contribution in [1.82, 2.24) is 15.3 Å². The number of amides is 1. The Hall–Kier alpha value is -1.49. The Kier molecular flexibility index (Phi) is 3.46. The van der Waals surface area contributed by atoms with Gasteiger partial charge in [-0.25, -0.2) is 9.97 Å². The number of hydrogen-bond acceptors (Lipinski definition) is 4. The largest absolute Gasteiger partial charge is 0.393 e. The molecule has 1 aliphatic carbocycles. The summed E-state index contributed by atoms with van der Waals surface area (Å²) in [5.74, 6) is -0.137. The summed E-state index contributed by atoms with van der Waals surface area (Å²) in [4.78, 5) is 19.3. The van der Waals surface area contributed by atoms with Crippen molar-refractivity contribution in [1.29, 1.82) is 0 Å². The molecule has 0 aliphatic heterocycles. The van der Waals surface area contributed by atoms with Gasteiger partial charge in [-0.05, 0) is 25.7 Å². The van der Waals surface area contributed by atoms with Gasteiger partial charge in [0.15, 0.2) is 0 Å². The molecule has 1 aromatic heterocycles. The number of aliphatic hydroxyl groups excluding tert-OH is 1. The number of rotatable bonds is 2. The Morgan fingerprint density at radius 2 is 1.88 bits per heavy atom. The molecular weight excluding hydrogens is 206 g/mol. The van der Waals surface area contributed by atoms with Gasteiger partial charge >= 0.3 is 0 Å². The second-order valence-electron chi connectivity index (χ2n) is 4.11. The van der Waals surface area contributed by atoms with E-state index in [0.29, 0.717) is 5.56 Å². The van der Waals surface area contributed by atoms with Crippen molar-refractivity contribution in [3.05, 3.63) is 24.3 Å². The predicted molar refractivity (Wildman–Crippen MR) is 57.8 cm³/mol.